The van der Waals surface area contributed by atoms with Crippen molar-refractivity contribution < 1.29 is 28.7 Å². The van der Waals surface area contributed by atoms with E-state index in [1.165, 1.54) is 14.2 Å². The molecule has 8 nitrogen and oxygen atoms in total. The summed E-state index contributed by atoms with van der Waals surface area (Å²) in [5.41, 5.74) is 6.02. The van der Waals surface area contributed by atoms with Crippen molar-refractivity contribution in [1.82, 2.24) is 0 Å². The summed E-state index contributed by atoms with van der Waals surface area (Å²) in [7, 11) is 2.66. The van der Waals surface area contributed by atoms with Crippen LogP contribution >= 0.6 is 0 Å². The summed E-state index contributed by atoms with van der Waals surface area (Å²) in [5, 5.41) is 0. The van der Waals surface area contributed by atoms with Gasteiger partial charge in [-0.3, -0.25) is 9.59 Å². The monoisotopic (exact) mass is 558 g/mol. The molecule has 8 heteroatoms. The standard InChI is InChI=1S/C34H26N2O6/c1-41-33(39)23-15-11-21(12-16-23)19-35-27-9-5-3-7-25(27)29(31(35)37)30-26-8-4-6-10-28(26)36(32(30)38)20-22-13-17-24(18-14-22)34(40)42-2/h3-18H,19-20H2,1-2H3/b30-29+. The van der Waals surface area contributed by atoms with E-state index in [2.05, 4.69) is 0 Å². The van der Waals surface area contributed by atoms with Gasteiger partial charge in [-0.15, -0.1) is 0 Å². The van der Waals surface area contributed by atoms with Gasteiger partial charge in [0.05, 0.1) is 61.0 Å². The molecule has 0 spiro atoms. The predicted octanol–water partition coefficient (Wildman–Crippen LogP) is 5.26. The second-order valence-corrected chi connectivity index (χ2v) is 9.94. The molecule has 2 aliphatic rings. The van der Waals surface area contributed by atoms with Crippen molar-refractivity contribution in [1.29, 1.82) is 0 Å². The van der Waals surface area contributed by atoms with Crippen molar-refractivity contribution in [3.8, 4) is 0 Å². The second-order valence-electron chi connectivity index (χ2n) is 9.94. The molecule has 0 aromatic heterocycles. The molecule has 0 saturated carbocycles. The molecule has 0 atom stereocenters. The maximum atomic E-state index is 14.1. The topological polar surface area (TPSA) is 93.2 Å². The number of fused-ring (bicyclic) bond motifs is 2. The number of nitrogens with zero attached hydrogens (tertiary/aromatic N) is 2. The highest BCUT2D eigenvalue weighted by molar-refractivity contribution is 6.49. The van der Waals surface area contributed by atoms with Gasteiger partial charge in [0, 0.05) is 11.1 Å². The lowest BCUT2D eigenvalue weighted by Gasteiger charge is -2.18. The van der Waals surface area contributed by atoms with Crippen molar-refractivity contribution in [2.75, 3.05) is 24.0 Å². The highest BCUT2D eigenvalue weighted by Gasteiger charge is 2.41. The first-order valence-corrected chi connectivity index (χ1v) is 13.3. The number of benzene rings is 4. The van der Waals surface area contributed by atoms with Crippen LogP contribution in [-0.2, 0) is 32.2 Å². The van der Waals surface area contributed by atoms with Crippen LogP contribution in [0.1, 0.15) is 43.0 Å². The molecule has 6 rings (SSSR count). The van der Waals surface area contributed by atoms with Crippen LogP contribution in [0, 0.1) is 0 Å². The average Bonchev–Trinajstić information content (AvgIpc) is 3.46. The average molecular weight is 559 g/mol. The minimum atomic E-state index is -0.432. The minimum Gasteiger partial charge on any atom is -0.465 e. The van der Waals surface area contributed by atoms with Crippen LogP contribution in [0.3, 0.4) is 0 Å². The molecular weight excluding hydrogens is 532 g/mol. The van der Waals surface area contributed by atoms with E-state index in [4.69, 9.17) is 9.47 Å². The summed E-state index contributed by atoms with van der Waals surface area (Å²) in [6.07, 6.45) is 0. The SMILES string of the molecule is COC(=O)c1ccc(CN2C(=O)/C(=C3/C(=O)N(Cc4ccc(C(=O)OC)cc4)c4ccccc43)c3ccccc32)cc1. The van der Waals surface area contributed by atoms with E-state index in [0.29, 0.717) is 44.8 Å². The largest absolute Gasteiger partial charge is 0.465 e. The number of hydrogen-bond acceptors (Lipinski definition) is 6. The Hall–Kier alpha value is -5.50. The number of carbonyl (C=O) groups is 4. The molecule has 2 aliphatic heterocycles. The Kier molecular flexibility index (Phi) is 6.88. The fraction of sp³-hybridized carbons (Fsp3) is 0.118. The maximum Gasteiger partial charge on any atom is 0.337 e. The van der Waals surface area contributed by atoms with Crippen LogP contribution < -0.4 is 9.80 Å². The molecule has 0 N–H and O–H groups in total. The Morgan fingerprint density at radius 1 is 0.548 bits per heavy atom. The Morgan fingerprint density at radius 3 is 1.26 bits per heavy atom. The molecule has 0 saturated heterocycles. The van der Waals surface area contributed by atoms with E-state index in [0.717, 1.165) is 11.1 Å². The number of rotatable bonds is 6. The number of hydrogen-bond donors (Lipinski definition) is 0. The summed E-state index contributed by atoms with van der Waals surface area (Å²) in [5.74, 6) is -1.40. The number of amides is 2. The molecule has 0 fully saturated rings. The summed E-state index contributed by atoms with van der Waals surface area (Å²) in [6.45, 7) is 0.528. The second kappa shape index (κ2) is 10.8. The van der Waals surface area contributed by atoms with Crippen LogP contribution in [-0.4, -0.2) is 38.0 Å². The van der Waals surface area contributed by atoms with E-state index in [1.807, 2.05) is 48.5 Å². The van der Waals surface area contributed by atoms with E-state index in [-0.39, 0.29) is 24.9 Å². The third-order valence-electron chi connectivity index (χ3n) is 7.53. The molecule has 0 unspecified atom stereocenters. The highest BCUT2D eigenvalue weighted by atomic mass is 16.5. The number of carbonyl (C=O) groups excluding carboxylic acids is 4. The Labute approximate surface area is 242 Å². The van der Waals surface area contributed by atoms with Gasteiger partial charge in [0.25, 0.3) is 11.8 Å². The summed E-state index contributed by atoms with van der Waals surface area (Å²) < 4.78 is 9.57. The Bertz CT molecular complexity index is 1640. The third kappa shape index (κ3) is 4.53. The molecule has 0 radical (unpaired) electrons. The van der Waals surface area contributed by atoms with Crippen LogP contribution in [0.2, 0.25) is 0 Å². The molecule has 208 valence electrons. The van der Waals surface area contributed by atoms with Crippen molar-refractivity contribution in [3.05, 3.63) is 130 Å². The molecule has 2 amide bonds. The van der Waals surface area contributed by atoms with Gasteiger partial charge >= 0.3 is 11.9 Å². The lowest BCUT2D eigenvalue weighted by Crippen LogP contribution is -2.28. The van der Waals surface area contributed by atoms with Crippen LogP contribution in [0.15, 0.2) is 97.1 Å². The number of ether oxygens (including phenoxy) is 2. The molecule has 0 bridgehead atoms. The van der Waals surface area contributed by atoms with Crippen molar-refractivity contribution in [2.24, 2.45) is 0 Å². The molecule has 2 heterocycles. The number of esters is 2. The molecular formula is C34H26N2O6. The van der Waals surface area contributed by atoms with Gasteiger partial charge < -0.3 is 19.3 Å². The molecule has 4 aromatic rings. The predicted molar refractivity (Wildman–Crippen MR) is 158 cm³/mol. The molecule has 42 heavy (non-hydrogen) atoms. The van der Waals surface area contributed by atoms with Gasteiger partial charge in [-0.05, 0) is 47.5 Å². The third-order valence-corrected chi connectivity index (χ3v) is 7.53. The maximum absolute atomic E-state index is 14.1. The van der Waals surface area contributed by atoms with Gasteiger partial charge in [-0.25, -0.2) is 9.59 Å². The van der Waals surface area contributed by atoms with Crippen molar-refractivity contribution >= 4 is 46.3 Å². The summed E-state index contributed by atoms with van der Waals surface area (Å²) in [4.78, 5) is 55.2. The van der Waals surface area contributed by atoms with Crippen LogP contribution in [0.5, 0.6) is 0 Å². The minimum absolute atomic E-state index is 0.264. The number of para-hydroxylation sites is 2. The summed E-state index contributed by atoms with van der Waals surface area (Å²) >= 11 is 0. The van der Waals surface area contributed by atoms with Crippen LogP contribution in [0.25, 0.3) is 11.1 Å². The van der Waals surface area contributed by atoms with E-state index >= 15 is 0 Å². The Balaban J connectivity index is 1.37. The van der Waals surface area contributed by atoms with E-state index < -0.39 is 11.9 Å². The molecule has 0 aliphatic carbocycles. The smallest absolute Gasteiger partial charge is 0.337 e. The quantitative estimate of drug-likeness (QED) is 0.237. The van der Waals surface area contributed by atoms with Gasteiger partial charge in [0.15, 0.2) is 0 Å². The number of methoxy groups -OCH3 is 2. The first-order valence-electron chi connectivity index (χ1n) is 13.3. The zero-order valence-corrected chi connectivity index (χ0v) is 23.0. The zero-order chi connectivity index (χ0) is 29.4. The van der Waals surface area contributed by atoms with E-state index in [9.17, 15) is 19.2 Å². The fourth-order valence-corrected chi connectivity index (χ4v) is 5.45. The molecule has 4 aromatic carbocycles. The number of anilines is 2. The van der Waals surface area contributed by atoms with Gasteiger partial charge in [-0.1, -0.05) is 60.7 Å². The van der Waals surface area contributed by atoms with Gasteiger partial charge in [-0.2, -0.15) is 0 Å². The van der Waals surface area contributed by atoms with Gasteiger partial charge in [0.2, 0.25) is 0 Å². The Morgan fingerprint density at radius 2 is 0.905 bits per heavy atom. The lowest BCUT2D eigenvalue weighted by molar-refractivity contribution is -0.114. The summed E-state index contributed by atoms with van der Waals surface area (Å²) in [6, 6.07) is 28.7. The first kappa shape index (κ1) is 26.7. The van der Waals surface area contributed by atoms with Crippen LogP contribution in [0.4, 0.5) is 11.4 Å². The normalized spacial score (nSPS) is 15.5. The van der Waals surface area contributed by atoms with Crippen molar-refractivity contribution in [2.45, 2.75) is 13.1 Å². The van der Waals surface area contributed by atoms with Gasteiger partial charge in [0.1, 0.15) is 0 Å². The first-order chi connectivity index (χ1) is 20.4. The lowest BCUT2D eigenvalue weighted by atomic mass is 9.96. The van der Waals surface area contributed by atoms with Crippen molar-refractivity contribution in [3.63, 3.8) is 0 Å². The highest BCUT2D eigenvalue weighted by Crippen LogP contribution is 2.47. The zero-order valence-electron chi connectivity index (χ0n) is 23.0. The van der Waals surface area contributed by atoms with E-state index in [1.54, 1.807) is 58.3 Å². The fourth-order valence-electron chi connectivity index (χ4n) is 5.45.